The van der Waals surface area contributed by atoms with Crippen molar-refractivity contribution < 1.29 is 0 Å². The van der Waals surface area contributed by atoms with Crippen molar-refractivity contribution in [2.75, 3.05) is 7.05 Å². The van der Waals surface area contributed by atoms with Crippen LogP contribution >= 0.6 is 0 Å². The molecule has 2 heteroatoms. The molecule has 88 valence electrons. The van der Waals surface area contributed by atoms with Gasteiger partial charge in [-0.2, -0.15) is 0 Å². The Morgan fingerprint density at radius 1 is 1.12 bits per heavy atom. The Morgan fingerprint density at radius 2 is 1.75 bits per heavy atom. The van der Waals surface area contributed by atoms with Gasteiger partial charge in [-0.1, -0.05) is 49.6 Å². The molecule has 1 saturated carbocycles. The Kier molecular flexibility index (Phi) is 3.62. The van der Waals surface area contributed by atoms with E-state index < -0.39 is 0 Å². The molecule has 0 bridgehead atoms. The Balaban J connectivity index is 1.99. The molecule has 0 aromatic heterocycles. The second kappa shape index (κ2) is 4.98. The Morgan fingerprint density at radius 3 is 2.38 bits per heavy atom. The van der Waals surface area contributed by atoms with Crippen molar-refractivity contribution >= 4 is 0 Å². The zero-order valence-electron chi connectivity index (χ0n) is 10.2. The van der Waals surface area contributed by atoms with E-state index in [1.54, 1.807) is 0 Å². The number of nitrogens with two attached hydrogens (primary N) is 1. The van der Waals surface area contributed by atoms with Gasteiger partial charge in [-0.25, -0.2) is 0 Å². The molecule has 0 radical (unpaired) electrons. The molecule has 1 aliphatic rings. The third-order valence-corrected chi connectivity index (χ3v) is 3.74. The van der Waals surface area contributed by atoms with Gasteiger partial charge in [0.2, 0.25) is 0 Å². The second-order valence-electron chi connectivity index (χ2n) is 5.01. The van der Waals surface area contributed by atoms with Crippen LogP contribution in [0.5, 0.6) is 0 Å². The minimum absolute atomic E-state index is 0.0753. The molecule has 16 heavy (non-hydrogen) atoms. The van der Waals surface area contributed by atoms with Crippen LogP contribution < -0.4 is 5.73 Å². The summed E-state index contributed by atoms with van der Waals surface area (Å²) in [5.41, 5.74) is 7.75. The van der Waals surface area contributed by atoms with Gasteiger partial charge in [-0.05, 0) is 25.5 Å². The number of nitrogens with zero attached hydrogens (tertiary/aromatic N) is 1. The van der Waals surface area contributed by atoms with Gasteiger partial charge in [-0.15, -0.1) is 0 Å². The van der Waals surface area contributed by atoms with Gasteiger partial charge in [0, 0.05) is 6.54 Å². The molecule has 0 spiro atoms. The molecule has 0 aliphatic heterocycles. The van der Waals surface area contributed by atoms with Crippen LogP contribution in [0, 0.1) is 0 Å². The highest BCUT2D eigenvalue weighted by molar-refractivity contribution is 5.14. The van der Waals surface area contributed by atoms with Crippen LogP contribution in [-0.4, -0.2) is 17.6 Å². The predicted octanol–water partition coefficient (Wildman–Crippen LogP) is 2.74. The summed E-state index contributed by atoms with van der Waals surface area (Å²) in [7, 11) is 2.15. The van der Waals surface area contributed by atoms with E-state index in [0.29, 0.717) is 0 Å². The highest BCUT2D eigenvalue weighted by Gasteiger charge is 2.31. The summed E-state index contributed by atoms with van der Waals surface area (Å²) in [6, 6.07) is 10.6. The second-order valence-corrected chi connectivity index (χ2v) is 5.01. The van der Waals surface area contributed by atoms with Crippen molar-refractivity contribution in [2.45, 2.75) is 44.3 Å². The SMILES string of the molecule is CN(Cc1ccccc1)C1(N)CCCCC1. The molecule has 0 saturated heterocycles. The fraction of sp³-hybridized carbons (Fsp3) is 0.571. The van der Waals surface area contributed by atoms with Crippen molar-refractivity contribution in [3.05, 3.63) is 35.9 Å². The topological polar surface area (TPSA) is 29.3 Å². The van der Waals surface area contributed by atoms with Crippen molar-refractivity contribution in [3.63, 3.8) is 0 Å². The van der Waals surface area contributed by atoms with Crippen LogP contribution in [0.1, 0.15) is 37.7 Å². The quantitative estimate of drug-likeness (QED) is 0.790. The zero-order valence-corrected chi connectivity index (χ0v) is 10.2. The van der Waals surface area contributed by atoms with Gasteiger partial charge in [0.1, 0.15) is 0 Å². The van der Waals surface area contributed by atoms with Gasteiger partial charge in [0.15, 0.2) is 0 Å². The third kappa shape index (κ3) is 2.63. The fourth-order valence-corrected chi connectivity index (χ4v) is 2.56. The van der Waals surface area contributed by atoms with Crippen LogP contribution in [0.3, 0.4) is 0 Å². The summed E-state index contributed by atoms with van der Waals surface area (Å²) in [6.45, 7) is 0.956. The van der Waals surface area contributed by atoms with Crippen LogP contribution in [0.15, 0.2) is 30.3 Å². The van der Waals surface area contributed by atoms with Gasteiger partial charge < -0.3 is 5.73 Å². The van der Waals surface area contributed by atoms with E-state index in [1.807, 2.05) is 0 Å². The van der Waals surface area contributed by atoms with E-state index in [1.165, 1.54) is 24.8 Å². The highest BCUT2D eigenvalue weighted by atomic mass is 15.2. The maximum absolute atomic E-state index is 6.48. The first kappa shape index (κ1) is 11.6. The van der Waals surface area contributed by atoms with Gasteiger partial charge in [-0.3, -0.25) is 4.90 Å². The van der Waals surface area contributed by atoms with E-state index in [-0.39, 0.29) is 5.66 Å². The van der Waals surface area contributed by atoms with Gasteiger partial charge >= 0.3 is 0 Å². The average Bonchev–Trinajstić information content (AvgIpc) is 2.31. The van der Waals surface area contributed by atoms with Gasteiger partial charge in [0.25, 0.3) is 0 Å². The van der Waals surface area contributed by atoms with Crippen molar-refractivity contribution in [2.24, 2.45) is 5.73 Å². The number of hydrogen-bond donors (Lipinski definition) is 1. The van der Waals surface area contributed by atoms with Crippen molar-refractivity contribution in [1.29, 1.82) is 0 Å². The van der Waals surface area contributed by atoms with Crippen molar-refractivity contribution in [1.82, 2.24) is 4.90 Å². The monoisotopic (exact) mass is 218 g/mol. The fourth-order valence-electron chi connectivity index (χ4n) is 2.56. The first-order valence-corrected chi connectivity index (χ1v) is 6.25. The lowest BCUT2D eigenvalue weighted by Crippen LogP contribution is -2.54. The molecule has 1 aromatic carbocycles. The Labute approximate surface area is 98.4 Å². The minimum Gasteiger partial charge on any atom is -0.313 e. The Hall–Kier alpha value is -0.860. The molecule has 2 nitrogen and oxygen atoms in total. The zero-order chi connectivity index (χ0) is 11.4. The number of benzene rings is 1. The standard InChI is InChI=1S/C14H22N2/c1-16(12-13-8-4-2-5-9-13)14(15)10-6-3-7-11-14/h2,4-5,8-9H,3,6-7,10-12,15H2,1H3. The van der Waals surface area contributed by atoms with Crippen LogP contribution in [-0.2, 0) is 6.54 Å². The maximum atomic E-state index is 6.48. The van der Waals surface area contributed by atoms with E-state index in [9.17, 15) is 0 Å². The van der Waals surface area contributed by atoms with E-state index in [4.69, 9.17) is 5.73 Å². The van der Waals surface area contributed by atoms with Crippen LogP contribution in [0.2, 0.25) is 0 Å². The smallest absolute Gasteiger partial charge is 0.0687 e. The lowest BCUT2D eigenvalue weighted by atomic mass is 9.88. The molecule has 2 rings (SSSR count). The lowest BCUT2D eigenvalue weighted by Gasteiger charge is -2.41. The average molecular weight is 218 g/mol. The molecule has 1 fully saturated rings. The highest BCUT2D eigenvalue weighted by Crippen LogP contribution is 2.29. The van der Waals surface area contributed by atoms with E-state index in [2.05, 4.69) is 42.3 Å². The number of hydrogen-bond acceptors (Lipinski definition) is 2. The van der Waals surface area contributed by atoms with E-state index >= 15 is 0 Å². The molecule has 0 heterocycles. The Bertz CT molecular complexity index is 315. The summed E-state index contributed by atoms with van der Waals surface area (Å²) in [5, 5.41) is 0. The molecular formula is C14H22N2. The third-order valence-electron chi connectivity index (χ3n) is 3.74. The molecule has 0 amide bonds. The first-order chi connectivity index (χ1) is 7.71. The molecule has 1 aliphatic carbocycles. The normalized spacial score (nSPS) is 19.9. The largest absolute Gasteiger partial charge is 0.313 e. The minimum atomic E-state index is -0.0753. The lowest BCUT2D eigenvalue weighted by molar-refractivity contribution is 0.0740. The van der Waals surface area contributed by atoms with Gasteiger partial charge in [0.05, 0.1) is 5.66 Å². The molecule has 2 N–H and O–H groups in total. The molecular weight excluding hydrogens is 196 g/mol. The molecule has 1 aromatic rings. The summed E-state index contributed by atoms with van der Waals surface area (Å²) in [5.74, 6) is 0. The summed E-state index contributed by atoms with van der Waals surface area (Å²) >= 11 is 0. The predicted molar refractivity (Wildman–Crippen MR) is 67.9 cm³/mol. The van der Waals surface area contributed by atoms with Crippen LogP contribution in [0.4, 0.5) is 0 Å². The van der Waals surface area contributed by atoms with E-state index in [0.717, 1.165) is 19.4 Å². The summed E-state index contributed by atoms with van der Waals surface area (Å²) < 4.78 is 0. The molecule has 0 atom stereocenters. The number of rotatable bonds is 3. The van der Waals surface area contributed by atoms with Crippen LogP contribution in [0.25, 0.3) is 0 Å². The first-order valence-electron chi connectivity index (χ1n) is 6.25. The summed E-state index contributed by atoms with van der Waals surface area (Å²) in [4.78, 5) is 2.32. The summed E-state index contributed by atoms with van der Waals surface area (Å²) in [6.07, 6.45) is 6.16. The van der Waals surface area contributed by atoms with Crippen molar-refractivity contribution in [3.8, 4) is 0 Å². The maximum Gasteiger partial charge on any atom is 0.0687 e. The molecule has 0 unspecified atom stereocenters.